The summed E-state index contributed by atoms with van der Waals surface area (Å²) in [5.74, 6) is 0.526. The van der Waals surface area contributed by atoms with E-state index in [4.69, 9.17) is 0 Å². The maximum absolute atomic E-state index is 12.0. The lowest BCUT2D eigenvalue weighted by atomic mass is 9.96. The van der Waals surface area contributed by atoms with Crippen LogP contribution in [-0.4, -0.2) is 32.4 Å². The zero-order valence-corrected chi connectivity index (χ0v) is 12.1. The van der Waals surface area contributed by atoms with Gasteiger partial charge in [-0.1, -0.05) is 33.1 Å². The number of nitrogens with zero attached hydrogens (tertiary/aromatic N) is 1. The maximum atomic E-state index is 12.0. The van der Waals surface area contributed by atoms with Crippen LogP contribution in [0.5, 0.6) is 0 Å². The van der Waals surface area contributed by atoms with Crippen LogP contribution < -0.4 is 4.72 Å². The third kappa shape index (κ3) is 4.94. The molecule has 1 aliphatic carbocycles. The first-order valence-corrected chi connectivity index (χ1v) is 8.10. The van der Waals surface area contributed by atoms with E-state index in [1.165, 1.54) is 10.7 Å². The van der Waals surface area contributed by atoms with Crippen LogP contribution in [0.15, 0.2) is 0 Å². The van der Waals surface area contributed by atoms with E-state index in [2.05, 4.69) is 18.6 Å². The number of rotatable bonds is 6. The Balaban J connectivity index is 2.44. The molecule has 4 nitrogen and oxygen atoms in total. The van der Waals surface area contributed by atoms with E-state index in [0.717, 1.165) is 32.1 Å². The van der Waals surface area contributed by atoms with E-state index in [9.17, 15) is 8.42 Å². The van der Waals surface area contributed by atoms with Crippen molar-refractivity contribution in [1.29, 1.82) is 0 Å². The highest BCUT2D eigenvalue weighted by Gasteiger charge is 2.26. The second-order valence-electron chi connectivity index (χ2n) is 5.39. The molecule has 1 N–H and O–H groups in total. The van der Waals surface area contributed by atoms with Crippen molar-refractivity contribution in [2.45, 2.75) is 58.4 Å². The molecule has 0 bridgehead atoms. The number of hydrogen-bond donors (Lipinski definition) is 1. The van der Waals surface area contributed by atoms with Gasteiger partial charge in [-0.15, -0.1) is 0 Å². The van der Waals surface area contributed by atoms with Gasteiger partial charge in [0.25, 0.3) is 10.2 Å². The van der Waals surface area contributed by atoms with Gasteiger partial charge < -0.3 is 0 Å². The number of hydrogen-bond acceptors (Lipinski definition) is 2. The molecule has 0 spiro atoms. The predicted molar refractivity (Wildman–Crippen MR) is 71.0 cm³/mol. The highest BCUT2D eigenvalue weighted by atomic mass is 32.2. The Labute approximate surface area is 106 Å². The summed E-state index contributed by atoms with van der Waals surface area (Å²) in [6.45, 7) is 4.73. The first-order valence-electron chi connectivity index (χ1n) is 6.66. The second kappa shape index (κ2) is 6.71. The molecule has 0 saturated heterocycles. The van der Waals surface area contributed by atoms with E-state index in [-0.39, 0.29) is 6.04 Å². The average molecular weight is 262 g/mol. The topological polar surface area (TPSA) is 49.4 Å². The molecule has 0 amide bonds. The molecule has 0 unspecified atom stereocenters. The Morgan fingerprint density at radius 1 is 1.24 bits per heavy atom. The monoisotopic (exact) mass is 262 g/mol. The summed E-state index contributed by atoms with van der Waals surface area (Å²) in [5.41, 5.74) is 0. The lowest BCUT2D eigenvalue weighted by molar-refractivity contribution is 0.282. The smallest absolute Gasteiger partial charge is 0.202 e. The number of nitrogens with one attached hydrogen (secondary N) is 1. The predicted octanol–water partition coefficient (Wildman–Crippen LogP) is 2.13. The molecule has 5 heteroatoms. The zero-order valence-electron chi connectivity index (χ0n) is 11.3. The van der Waals surface area contributed by atoms with E-state index in [1.807, 2.05) is 0 Å². The third-order valence-electron chi connectivity index (χ3n) is 3.47. The fourth-order valence-electron chi connectivity index (χ4n) is 2.22. The van der Waals surface area contributed by atoms with Crippen molar-refractivity contribution in [3.63, 3.8) is 0 Å². The molecular formula is C12H26N2O2S. The first kappa shape index (κ1) is 14.9. The van der Waals surface area contributed by atoms with E-state index < -0.39 is 10.2 Å². The summed E-state index contributed by atoms with van der Waals surface area (Å²) in [6.07, 6.45) is 6.43. The normalized spacial score (nSPS) is 19.1. The summed E-state index contributed by atoms with van der Waals surface area (Å²) < 4.78 is 28.3. The van der Waals surface area contributed by atoms with Gasteiger partial charge in [0.2, 0.25) is 0 Å². The molecule has 1 saturated carbocycles. The molecule has 0 atom stereocenters. The van der Waals surface area contributed by atoms with E-state index in [0.29, 0.717) is 12.5 Å². The Morgan fingerprint density at radius 3 is 2.35 bits per heavy atom. The van der Waals surface area contributed by atoms with Gasteiger partial charge >= 0.3 is 0 Å². The fraction of sp³-hybridized carbons (Fsp3) is 1.00. The standard InChI is InChI=1S/C12H26N2O2S/c1-11(2)9-10-13-17(15,16)14(3)12-7-5-4-6-8-12/h11-13H,4-10H2,1-3H3. The van der Waals surface area contributed by atoms with Gasteiger partial charge in [0.15, 0.2) is 0 Å². The minimum atomic E-state index is -3.27. The van der Waals surface area contributed by atoms with Crippen LogP contribution in [0.1, 0.15) is 52.4 Å². The molecule has 1 aliphatic rings. The quantitative estimate of drug-likeness (QED) is 0.797. The summed E-state index contributed by atoms with van der Waals surface area (Å²) >= 11 is 0. The Hall–Kier alpha value is -0.130. The van der Waals surface area contributed by atoms with Crippen molar-refractivity contribution < 1.29 is 8.42 Å². The van der Waals surface area contributed by atoms with Crippen molar-refractivity contribution in [1.82, 2.24) is 9.03 Å². The van der Waals surface area contributed by atoms with Crippen molar-refractivity contribution >= 4 is 10.2 Å². The molecule has 1 fully saturated rings. The highest BCUT2D eigenvalue weighted by Crippen LogP contribution is 2.22. The molecule has 17 heavy (non-hydrogen) atoms. The Morgan fingerprint density at radius 2 is 1.82 bits per heavy atom. The maximum Gasteiger partial charge on any atom is 0.279 e. The van der Waals surface area contributed by atoms with Gasteiger partial charge in [0.1, 0.15) is 0 Å². The summed E-state index contributed by atoms with van der Waals surface area (Å²) in [6, 6.07) is 0.195. The van der Waals surface area contributed by atoms with E-state index >= 15 is 0 Å². The molecule has 0 aromatic heterocycles. The van der Waals surface area contributed by atoms with Crippen LogP contribution in [0.4, 0.5) is 0 Å². The molecule has 0 aliphatic heterocycles. The van der Waals surface area contributed by atoms with Gasteiger partial charge in [-0.3, -0.25) is 0 Å². The molecule has 102 valence electrons. The molecule has 0 radical (unpaired) electrons. The SMILES string of the molecule is CC(C)CCNS(=O)(=O)N(C)C1CCCCC1. The Kier molecular flexibility index (Phi) is 5.89. The van der Waals surface area contributed by atoms with Crippen molar-refractivity contribution in [3.05, 3.63) is 0 Å². The van der Waals surface area contributed by atoms with Crippen LogP contribution in [0.3, 0.4) is 0 Å². The van der Waals surface area contributed by atoms with Crippen LogP contribution >= 0.6 is 0 Å². The Bertz CT molecular complexity index is 308. The van der Waals surface area contributed by atoms with Gasteiger partial charge in [-0.2, -0.15) is 12.7 Å². The first-order chi connectivity index (χ1) is 7.93. The van der Waals surface area contributed by atoms with E-state index in [1.54, 1.807) is 7.05 Å². The molecule has 0 aromatic rings. The van der Waals surface area contributed by atoms with Crippen molar-refractivity contribution in [2.24, 2.45) is 5.92 Å². The second-order valence-corrected chi connectivity index (χ2v) is 7.20. The fourth-order valence-corrected chi connectivity index (χ4v) is 3.40. The van der Waals surface area contributed by atoms with Crippen molar-refractivity contribution in [2.75, 3.05) is 13.6 Å². The van der Waals surface area contributed by atoms with Crippen LogP contribution in [-0.2, 0) is 10.2 Å². The highest BCUT2D eigenvalue weighted by molar-refractivity contribution is 7.87. The largest absolute Gasteiger partial charge is 0.279 e. The minimum Gasteiger partial charge on any atom is -0.202 e. The van der Waals surface area contributed by atoms with Crippen molar-refractivity contribution in [3.8, 4) is 0 Å². The van der Waals surface area contributed by atoms with Gasteiger partial charge in [-0.25, -0.2) is 4.72 Å². The summed E-state index contributed by atoms with van der Waals surface area (Å²) in [4.78, 5) is 0. The molecule has 0 aromatic carbocycles. The van der Waals surface area contributed by atoms with Crippen LogP contribution in [0.2, 0.25) is 0 Å². The average Bonchev–Trinajstić information content (AvgIpc) is 2.28. The summed E-state index contributed by atoms with van der Waals surface area (Å²) in [7, 11) is -1.57. The molecule has 1 rings (SSSR count). The van der Waals surface area contributed by atoms with Gasteiger partial charge in [-0.05, 0) is 25.2 Å². The van der Waals surface area contributed by atoms with Crippen LogP contribution in [0, 0.1) is 5.92 Å². The lowest BCUT2D eigenvalue weighted by Gasteiger charge is -2.30. The third-order valence-corrected chi connectivity index (χ3v) is 5.10. The van der Waals surface area contributed by atoms with Crippen LogP contribution in [0.25, 0.3) is 0 Å². The minimum absolute atomic E-state index is 0.195. The van der Waals surface area contributed by atoms with Gasteiger partial charge in [0, 0.05) is 19.6 Å². The molecular weight excluding hydrogens is 236 g/mol. The van der Waals surface area contributed by atoms with Gasteiger partial charge in [0.05, 0.1) is 0 Å². The lowest BCUT2D eigenvalue weighted by Crippen LogP contribution is -2.45. The molecule has 0 heterocycles. The summed E-state index contributed by atoms with van der Waals surface area (Å²) in [5, 5.41) is 0. The zero-order chi connectivity index (χ0) is 12.9.